The van der Waals surface area contributed by atoms with Gasteiger partial charge in [0, 0.05) is 33.8 Å². The number of ether oxygens (including phenoxy) is 1. The summed E-state index contributed by atoms with van der Waals surface area (Å²) in [5.41, 5.74) is 2.32. The maximum absolute atomic E-state index is 12.4. The van der Waals surface area contributed by atoms with E-state index in [-0.39, 0.29) is 11.4 Å². The average Bonchev–Trinajstić information content (AvgIpc) is 2.65. The highest BCUT2D eigenvalue weighted by atomic mass is 79.9. The van der Waals surface area contributed by atoms with E-state index in [1.165, 1.54) is 0 Å². The zero-order valence-corrected chi connectivity index (χ0v) is 13.5. The predicted octanol–water partition coefficient (Wildman–Crippen LogP) is 3.56. The van der Waals surface area contributed by atoms with E-state index in [0.717, 1.165) is 28.5 Å². The maximum atomic E-state index is 12.4. The number of nitrogens with one attached hydrogen (secondary N) is 1. The highest BCUT2D eigenvalue weighted by Crippen LogP contribution is 2.41. The Kier molecular flexibility index (Phi) is 3.65. The minimum Gasteiger partial charge on any atom is -0.381 e. The van der Waals surface area contributed by atoms with Crippen molar-refractivity contribution in [2.24, 2.45) is 0 Å². The topological polar surface area (TPSA) is 38.3 Å². The van der Waals surface area contributed by atoms with E-state index in [4.69, 9.17) is 16.3 Å². The molecule has 1 aromatic rings. The maximum Gasteiger partial charge on any atom is 0.252 e. The van der Waals surface area contributed by atoms with Crippen LogP contribution in [0, 0.1) is 0 Å². The fourth-order valence-corrected chi connectivity index (χ4v) is 3.59. The highest BCUT2D eigenvalue weighted by Gasteiger charge is 2.44. The van der Waals surface area contributed by atoms with Crippen molar-refractivity contribution in [3.05, 3.63) is 38.8 Å². The van der Waals surface area contributed by atoms with Crippen LogP contribution < -0.4 is 5.32 Å². The molecule has 1 N–H and O–H groups in total. The van der Waals surface area contributed by atoms with Crippen molar-refractivity contribution in [2.45, 2.75) is 25.3 Å². The van der Waals surface area contributed by atoms with E-state index < -0.39 is 0 Å². The molecule has 2 heterocycles. The Morgan fingerprint density at radius 3 is 2.75 bits per heavy atom. The van der Waals surface area contributed by atoms with Crippen LogP contribution in [0.3, 0.4) is 0 Å². The summed E-state index contributed by atoms with van der Waals surface area (Å²) in [4.78, 5) is 12.4. The summed E-state index contributed by atoms with van der Waals surface area (Å²) in [6, 6.07) is 5.58. The molecule has 0 atom stereocenters. The smallest absolute Gasteiger partial charge is 0.252 e. The Morgan fingerprint density at radius 1 is 1.35 bits per heavy atom. The third kappa shape index (κ3) is 2.20. The standard InChI is InChI=1S/C15H15BrClNO2/c1-9-13(11-8-10(16)2-3-12(11)17)14(19)18-15(9)4-6-20-7-5-15/h2-3,8H,4-7H2,1H3,(H,18,19). The lowest BCUT2D eigenvalue weighted by Gasteiger charge is -2.35. The molecule has 1 aromatic carbocycles. The summed E-state index contributed by atoms with van der Waals surface area (Å²) < 4.78 is 6.33. The third-order valence-corrected chi connectivity index (χ3v) is 5.04. The van der Waals surface area contributed by atoms with Crippen LogP contribution in [-0.4, -0.2) is 24.7 Å². The second-order valence-electron chi connectivity index (χ2n) is 5.27. The van der Waals surface area contributed by atoms with E-state index in [1.807, 2.05) is 25.1 Å². The first-order chi connectivity index (χ1) is 9.53. The van der Waals surface area contributed by atoms with Gasteiger partial charge in [0.25, 0.3) is 5.91 Å². The van der Waals surface area contributed by atoms with E-state index in [9.17, 15) is 4.79 Å². The molecule has 2 aliphatic heterocycles. The van der Waals surface area contributed by atoms with Crippen molar-refractivity contribution >= 4 is 39.0 Å². The van der Waals surface area contributed by atoms with Gasteiger partial charge in [0.15, 0.2) is 0 Å². The lowest BCUT2D eigenvalue weighted by Crippen LogP contribution is -2.48. The molecule has 0 bridgehead atoms. The summed E-state index contributed by atoms with van der Waals surface area (Å²) in [6.07, 6.45) is 1.64. The Labute approximate surface area is 131 Å². The molecule has 1 spiro atoms. The van der Waals surface area contributed by atoms with Gasteiger partial charge >= 0.3 is 0 Å². The molecule has 1 amide bonds. The van der Waals surface area contributed by atoms with Gasteiger partial charge < -0.3 is 10.1 Å². The van der Waals surface area contributed by atoms with E-state index in [1.54, 1.807) is 0 Å². The number of hydrogen-bond acceptors (Lipinski definition) is 2. The number of carbonyl (C=O) groups excluding carboxylic acids is 1. The van der Waals surface area contributed by atoms with Gasteiger partial charge in [0.1, 0.15) is 0 Å². The molecule has 20 heavy (non-hydrogen) atoms. The van der Waals surface area contributed by atoms with Crippen LogP contribution >= 0.6 is 27.5 Å². The Hall–Kier alpha value is -0.840. The Morgan fingerprint density at radius 2 is 2.05 bits per heavy atom. The Balaban J connectivity index is 2.11. The molecule has 3 rings (SSSR count). The first-order valence-electron chi connectivity index (χ1n) is 6.60. The molecule has 0 unspecified atom stereocenters. The van der Waals surface area contributed by atoms with Crippen molar-refractivity contribution in [3.63, 3.8) is 0 Å². The second-order valence-corrected chi connectivity index (χ2v) is 6.60. The minimum absolute atomic E-state index is 0.0376. The van der Waals surface area contributed by atoms with Crippen molar-refractivity contribution < 1.29 is 9.53 Å². The summed E-state index contributed by atoms with van der Waals surface area (Å²) in [7, 11) is 0. The van der Waals surface area contributed by atoms with Crippen molar-refractivity contribution in [1.29, 1.82) is 0 Å². The number of halogens is 2. The van der Waals surface area contributed by atoms with Gasteiger partial charge in [-0.1, -0.05) is 27.5 Å². The number of benzene rings is 1. The molecule has 0 aromatic heterocycles. The number of carbonyl (C=O) groups is 1. The number of rotatable bonds is 1. The van der Waals surface area contributed by atoms with Crippen molar-refractivity contribution in [2.75, 3.05) is 13.2 Å². The van der Waals surface area contributed by atoms with Crippen LogP contribution in [0.15, 0.2) is 28.2 Å². The molecule has 2 aliphatic rings. The molecule has 3 nitrogen and oxygen atoms in total. The molecular weight excluding hydrogens is 342 g/mol. The van der Waals surface area contributed by atoms with Gasteiger partial charge in [0.2, 0.25) is 0 Å². The average molecular weight is 357 g/mol. The molecule has 5 heteroatoms. The minimum atomic E-state index is -0.254. The van der Waals surface area contributed by atoms with Crippen LogP contribution in [-0.2, 0) is 9.53 Å². The first-order valence-corrected chi connectivity index (χ1v) is 7.78. The predicted molar refractivity (Wildman–Crippen MR) is 82.7 cm³/mol. The van der Waals surface area contributed by atoms with Crippen molar-refractivity contribution in [1.82, 2.24) is 5.32 Å². The molecular formula is C15H15BrClNO2. The summed E-state index contributed by atoms with van der Waals surface area (Å²) in [5, 5.41) is 3.75. The quantitative estimate of drug-likeness (QED) is 0.835. The lowest BCUT2D eigenvalue weighted by atomic mass is 9.83. The van der Waals surface area contributed by atoms with Gasteiger partial charge in [0.05, 0.1) is 5.54 Å². The van der Waals surface area contributed by atoms with Gasteiger partial charge in [-0.2, -0.15) is 0 Å². The Bertz CT molecular complexity index is 606. The van der Waals surface area contributed by atoms with Gasteiger partial charge in [-0.3, -0.25) is 4.79 Å². The van der Waals surface area contributed by atoms with Gasteiger partial charge in [-0.15, -0.1) is 0 Å². The van der Waals surface area contributed by atoms with Gasteiger partial charge in [-0.05, 0) is 43.5 Å². The monoisotopic (exact) mass is 355 g/mol. The van der Waals surface area contributed by atoms with Crippen LogP contribution in [0.5, 0.6) is 0 Å². The molecule has 0 aliphatic carbocycles. The van der Waals surface area contributed by atoms with Crippen LogP contribution in [0.4, 0.5) is 0 Å². The largest absolute Gasteiger partial charge is 0.381 e. The van der Waals surface area contributed by atoms with E-state index >= 15 is 0 Å². The molecule has 1 fully saturated rings. The van der Waals surface area contributed by atoms with Crippen molar-refractivity contribution in [3.8, 4) is 0 Å². The fraction of sp³-hybridized carbons (Fsp3) is 0.400. The van der Waals surface area contributed by atoms with Crippen LogP contribution in [0.1, 0.15) is 25.3 Å². The van der Waals surface area contributed by atoms with E-state index in [2.05, 4.69) is 21.2 Å². The number of amides is 1. The second kappa shape index (κ2) is 5.17. The normalized spacial score (nSPS) is 21.4. The molecule has 0 radical (unpaired) electrons. The zero-order chi connectivity index (χ0) is 14.3. The zero-order valence-electron chi connectivity index (χ0n) is 11.1. The summed E-state index contributed by atoms with van der Waals surface area (Å²) in [5.74, 6) is -0.0376. The number of hydrogen-bond donors (Lipinski definition) is 1. The molecule has 0 saturated carbocycles. The fourth-order valence-electron chi connectivity index (χ4n) is 3.02. The summed E-state index contributed by atoms with van der Waals surface area (Å²) >= 11 is 9.71. The lowest BCUT2D eigenvalue weighted by molar-refractivity contribution is -0.116. The SMILES string of the molecule is CC1=C(c2cc(Br)ccc2Cl)C(=O)NC12CCOCC2. The molecule has 106 valence electrons. The van der Waals surface area contributed by atoms with E-state index in [0.29, 0.717) is 23.8 Å². The summed E-state index contributed by atoms with van der Waals surface area (Å²) in [6.45, 7) is 3.38. The molecule has 1 saturated heterocycles. The van der Waals surface area contributed by atoms with Gasteiger partial charge in [-0.25, -0.2) is 0 Å². The van der Waals surface area contributed by atoms with Crippen LogP contribution in [0.2, 0.25) is 5.02 Å². The first kappa shape index (κ1) is 14.1. The highest BCUT2D eigenvalue weighted by molar-refractivity contribution is 9.10. The third-order valence-electron chi connectivity index (χ3n) is 4.22. The van der Waals surface area contributed by atoms with Crippen LogP contribution in [0.25, 0.3) is 5.57 Å².